The molecule has 1 saturated carbocycles. The lowest BCUT2D eigenvalue weighted by atomic mass is 9.87. The molecule has 190 valence electrons. The number of fused-ring (bicyclic) bond motifs is 3. The van der Waals surface area contributed by atoms with Crippen LogP contribution < -0.4 is 4.74 Å². The van der Waals surface area contributed by atoms with Crippen molar-refractivity contribution in [3.8, 4) is 5.75 Å². The highest BCUT2D eigenvalue weighted by Crippen LogP contribution is 2.42. The minimum Gasteiger partial charge on any atom is -0.489 e. The van der Waals surface area contributed by atoms with Gasteiger partial charge in [0.1, 0.15) is 5.75 Å². The number of alkyl halides is 3. The summed E-state index contributed by atoms with van der Waals surface area (Å²) < 4.78 is 50.0. The Morgan fingerprint density at radius 1 is 1.03 bits per heavy atom. The van der Waals surface area contributed by atoms with E-state index in [2.05, 4.69) is 23.1 Å². The number of rotatable bonds is 5. The molecule has 2 unspecified atom stereocenters. The monoisotopic (exact) mass is 509 g/mol. The summed E-state index contributed by atoms with van der Waals surface area (Å²) in [5, 5.41) is 2.40. The zero-order valence-corrected chi connectivity index (χ0v) is 20.6. The normalized spacial score (nSPS) is 29.3. The number of esters is 1. The molecule has 2 saturated heterocycles. The van der Waals surface area contributed by atoms with Crippen LogP contribution in [0.4, 0.5) is 13.2 Å². The van der Waals surface area contributed by atoms with Gasteiger partial charge in [0.15, 0.2) is 0 Å². The average Bonchev–Trinajstić information content (AvgIpc) is 3.06. The van der Waals surface area contributed by atoms with Crippen LogP contribution >= 0.6 is 11.6 Å². The van der Waals surface area contributed by atoms with E-state index in [-0.39, 0.29) is 30.8 Å². The third kappa shape index (κ3) is 5.12. The first-order valence-corrected chi connectivity index (χ1v) is 12.9. The molecular weight excluding hydrogens is 479 g/mol. The summed E-state index contributed by atoms with van der Waals surface area (Å²) in [6.45, 7) is 0.794. The highest BCUT2D eigenvalue weighted by atomic mass is 35.5. The number of piperidine rings is 1. The number of nitrogens with zero attached hydrogens (tertiary/aromatic N) is 1. The second-order valence-electron chi connectivity index (χ2n) is 10.3. The second-order valence-corrected chi connectivity index (χ2v) is 10.7. The first-order valence-electron chi connectivity index (χ1n) is 12.5. The molecule has 2 bridgehead atoms. The van der Waals surface area contributed by atoms with E-state index in [9.17, 15) is 18.0 Å². The van der Waals surface area contributed by atoms with Gasteiger partial charge in [0.05, 0.1) is 30.1 Å². The first-order chi connectivity index (χ1) is 16.7. The van der Waals surface area contributed by atoms with E-state index in [0.29, 0.717) is 35.7 Å². The predicted molar refractivity (Wildman–Crippen MR) is 128 cm³/mol. The van der Waals surface area contributed by atoms with E-state index >= 15 is 0 Å². The van der Waals surface area contributed by atoms with Crippen molar-refractivity contribution in [2.75, 3.05) is 7.11 Å². The maximum absolute atomic E-state index is 13.0. The smallest absolute Gasteiger partial charge is 0.391 e. The molecule has 0 spiro atoms. The lowest BCUT2D eigenvalue weighted by Gasteiger charge is -2.38. The molecule has 4 nitrogen and oxygen atoms in total. The van der Waals surface area contributed by atoms with Gasteiger partial charge in [0.25, 0.3) is 0 Å². The minimum atomic E-state index is -4.13. The zero-order valence-electron chi connectivity index (χ0n) is 19.8. The fraction of sp³-hybridized carbons (Fsp3) is 0.593. The standard InChI is InChI=1S/C27H31ClF3NO3/c1-34-26(33)18-13-20-7-8-21(14-18)32(20)15-16-2-3-17-4-11-24(25(28)23(17)12-16)35-22-9-5-19(6-10-22)27(29,30)31/h2-4,11-12,18-22H,5-10,13-15H2,1H3/t18?,19-,20?,21?,22+. The van der Waals surface area contributed by atoms with Gasteiger partial charge in [-0.3, -0.25) is 9.69 Å². The van der Waals surface area contributed by atoms with Gasteiger partial charge >= 0.3 is 12.1 Å². The predicted octanol–water partition coefficient (Wildman–Crippen LogP) is 6.91. The van der Waals surface area contributed by atoms with Crippen LogP contribution in [-0.4, -0.2) is 42.3 Å². The highest BCUT2D eigenvalue weighted by Gasteiger charge is 2.43. The van der Waals surface area contributed by atoms with Crippen LogP contribution in [0.25, 0.3) is 10.8 Å². The van der Waals surface area contributed by atoms with Crippen molar-refractivity contribution in [2.45, 2.75) is 82.3 Å². The minimum absolute atomic E-state index is 0.00861. The van der Waals surface area contributed by atoms with Crippen LogP contribution in [0, 0.1) is 11.8 Å². The van der Waals surface area contributed by atoms with Crippen LogP contribution in [0.1, 0.15) is 56.9 Å². The number of hydrogen-bond donors (Lipinski definition) is 0. The van der Waals surface area contributed by atoms with Crippen molar-refractivity contribution in [1.82, 2.24) is 4.90 Å². The number of hydrogen-bond acceptors (Lipinski definition) is 4. The Bertz CT molecular complexity index is 1070. The van der Waals surface area contributed by atoms with E-state index in [0.717, 1.165) is 48.6 Å². The Hall–Kier alpha value is -1.99. The molecule has 8 heteroatoms. The van der Waals surface area contributed by atoms with Crippen molar-refractivity contribution in [3.05, 3.63) is 40.9 Å². The quantitative estimate of drug-likeness (QED) is 0.410. The van der Waals surface area contributed by atoms with Gasteiger partial charge in [-0.1, -0.05) is 29.8 Å². The second kappa shape index (κ2) is 9.81. The van der Waals surface area contributed by atoms with Gasteiger partial charge in [0.2, 0.25) is 0 Å². The maximum atomic E-state index is 13.0. The number of methoxy groups -OCH3 is 1. The van der Waals surface area contributed by atoms with Crippen LogP contribution in [0.15, 0.2) is 30.3 Å². The first kappa shape index (κ1) is 24.7. The third-order valence-electron chi connectivity index (χ3n) is 8.20. The van der Waals surface area contributed by atoms with E-state index in [1.807, 2.05) is 12.1 Å². The fourth-order valence-electron chi connectivity index (χ4n) is 6.29. The van der Waals surface area contributed by atoms with E-state index < -0.39 is 12.1 Å². The molecule has 0 N–H and O–H groups in total. The Balaban J connectivity index is 1.28. The molecule has 2 aliphatic heterocycles. The summed E-state index contributed by atoms with van der Waals surface area (Å²) in [6.07, 6.45) is 0.442. The number of ether oxygens (including phenoxy) is 2. The fourth-order valence-corrected chi connectivity index (χ4v) is 6.56. The summed E-state index contributed by atoms with van der Waals surface area (Å²) in [7, 11) is 1.46. The van der Waals surface area contributed by atoms with E-state index in [1.165, 1.54) is 7.11 Å². The number of halogens is 4. The maximum Gasteiger partial charge on any atom is 0.391 e. The molecule has 1 aliphatic carbocycles. The molecule has 0 amide bonds. The van der Waals surface area contributed by atoms with E-state index in [4.69, 9.17) is 21.1 Å². The SMILES string of the molecule is COC(=O)C1CC2CCC(C1)N2Cc1ccc2ccc(O[C@H]3CC[C@@H](C(F)(F)F)CC3)c(Cl)c2c1. The van der Waals surface area contributed by atoms with Crippen molar-refractivity contribution >= 4 is 28.3 Å². The summed E-state index contributed by atoms with van der Waals surface area (Å²) in [5.41, 5.74) is 1.15. The lowest BCUT2D eigenvalue weighted by Crippen LogP contribution is -2.44. The summed E-state index contributed by atoms with van der Waals surface area (Å²) in [6, 6.07) is 10.8. The largest absolute Gasteiger partial charge is 0.489 e. The molecule has 2 aromatic rings. The molecule has 2 aromatic carbocycles. The molecule has 5 rings (SSSR count). The van der Waals surface area contributed by atoms with Crippen molar-refractivity contribution < 1.29 is 27.4 Å². The molecule has 3 aliphatic rings. The Kier molecular flexibility index (Phi) is 6.92. The van der Waals surface area contributed by atoms with Crippen molar-refractivity contribution in [3.63, 3.8) is 0 Å². The lowest BCUT2D eigenvalue weighted by molar-refractivity contribution is -0.185. The van der Waals surface area contributed by atoms with Crippen LogP contribution in [0.3, 0.4) is 0 Å². The highest BCUT2D eigenvalue weighted by molar-refractivity contribution is 6.37. The molecule has 0 aromatic heterocycles. The van der Waals surface area contributed by atoms with Crippen LogP contribution in [0.2, 0.25) is 5.02 Å². The van der Waals surface area contributed by atoms with Gasteiger partial charge in [-0.25, -0.2) is 0 Å². The Labute approximate surface area is 208 Å². The van der Waals surface area contributed by atoms with Crippen LogP contribution in [0.5, 0.6) is 5.75 Å². The van der Waals surface area contributed by atoms with Gasteiger partial charge in [-0.2, -0.15) is 13.2 Å². The Morgan fingerprint density at radius 2 is 1.69 bits per heavy atom. The molecule has 3 fully saturated rings. The molecular formula is C27H31ClF3NO3. The van der Waals surface area contributed by atoms with Gasteiger partial charge in [-0.05, 0) is 74.4 Å². The molecule has 35 heavy (non-hydrogen) atoms. The number of benzene rings is 2. The van der Waals surface area contributed by atoms with E-state index in [1.54, 1.807) is 0 Å². The van der Waals surface area contributed by atoms with Gasteiger partial charge < -0.3 is 9.47 Å². The average molecular weight is 510 g/mol. The van der Waals surface area contributed by atoms with Crippen LogP contribution in [-0.2, 0) is 16.1 Å². The van der Waals surface area contributed by atoms with Crippen molar-refractivity contribution in [2.24, 2.45) is 11.8 Å². The molecule has 0 radical (unpaired) electrons. The molecule has 2 atom stereocenters. The van der Waals surface area contributed by atoms with Crippen molar-refractivity contribution in [1.29, 1.82) is 0 Å². The Morgan fingerprint density at radius 3 is 2.31 bits per heavy atom. The van der Waals surface area contributed by atoms with Gasteiger partial charge in [0, 0.05) is 24.0 Å². The number of carbonyl (C=O) groups excluding carboxylic acids is 1. The topological polar surface area (TPSA) is 38.8 Å². The summed E-state index contributed by atoms with van der Waals surface area (Å²) in [5.74, 6) is -0.806. The van der Waals surface area contributed by atoms with Gasteiger partial charge in [-0.15, -0.1) is 0 Å². The third-order valence-corrected chi connectivity index (χ3v) is 8.59. The zero-order chi connectivity index (χ0) is 24.7. The summed E-state index contributed by atoms with van der Waals surface area (Å²) in [4.78, 5) is 14.6. The summed E-state index contributed by atoms with van der Waals surface area (Å²) >= 11 is 6.75. The number of carbonyl (C=O) groups is 1. The molecule has 2 heterocycles.